The van der Waals surface area contributed by atoms with Crippen LogP contribution in [-0.2, 0) is 4.79 Å². The monoisotopic (exact) mass is 296 g/mol. The minimum Gasteiger partial charge on any atom is -0.494 e. The Morgan fingerprint density at radius 3 is 2.64 bits per heavy atom. The number of aliphatic imine (C=N–C) groups is 1. The van der Waals surface area contributed by atoms with Gasteiger partial charge in [-0.15, -0.1) is 0 Å². The van der Waals surface area contributed by atoms with E-state index >= 15 is 0 Å². The number of hydrogen-bond donors (Lipinski definition) is 1. The van der Waals surface area contributed by atoms with Crippen LogP contribution in [0.2, 0.25) is 0 Å². The molecule has 0 atom stereocenters. The minimum atomic E-state index is -0.484. The van der Waals surface area contributed by atoms with Crippen LogP contribution in [0.3, 0.4) is 0 Å². The fourth-order valence-corrected chi connectivity index (χ4v) is 2.13. The van der Waals surface area contributed by atoms with E-state index in [0.717, 1.165) is 5.56 Å². The summed E-state index contributed by atoms with van der Waals surface area (Å²) in [7, 11) is 1.40. The van der Waals surface area contributed by atoms with Crippen molar-refractivity contribution in [2.75, 3.05) is 7.11 Å². The van der Waals surface area contributed by atoms with Gasteiger partial charge in [0.25, 0.3) is 5.91 Å². The average Bonchev–Trinajstić information content (AvgIpc) is 2.89. The van der Waals surface area contributed by atoms with Gasteiger partial charge in [-0.3, -0.25) is 4.79 Å². The predicted molar refractivity (Wildman–Crippen MR) is 82.1 cm³/mol. The Bertz CT molecular complexity index is 783. The number of carbonyl (C=O) groups is 1. The zero-order valence-corrected chi connectivity index (χ0v) is 11.8. The number of rotatable bonds is 3. The van der Waals surface area contributed by atoms with Crippen LogP contribution in [0, 0.1) is 5.82 Å². The summed E-state index contributed by atoms with van der Waals surface area (Å²) in [5, 5.41) is 2.70. The van der Waals surface area contributed by atoms with E-state index in [1.54, 1.807) is 6.07 Å². The molecule has 0 saturated heterocycles. The molecule has 0 fully saturated rings. The van der Waals surface area contributed by atoms with Gasteiger partial charge < -0.3 is 10.1 Å². The smallest absolute Gasteiger partial charge is 0.275 e. The highest BCUT2D eigenvalue weighted by Crippen LogP contribution is 2.21. The van der Waals surface area contributed by atoms with Gasteiger partial charge in [0.05, 0.1) is 7.11 Å². The highest BCUT2D eigenvalue weighted by Gasteiger charge is 2.20. The molecule has 110 valence electrons. The van der Waals surface area contributed by atoms with Crippen molar-refractivity contribution in [3.63, 3.8) is 0 Å². The fraction of sp³-hybridized carbons (Fsp3) is 0.0588. The minimum absolute atomic E-state index is 0.159. The number of nitrogens with zero attached hydrogens (tertiary/aromatic N) is 1. The Morgan fingerprint density at radius 2 is 1.95 bits per heavy atom. The SMILES string of the molecule is COc1ccc(/C=C2/N=C(c3ccccc3)NC2=O)cc1F. The second kappa shape index (κ2) is 5.81. The molecular weight excluding hydrogens is 283 g/mol. The summed E-state index contributed by atoms with van der Waals surface area (Å²) in [6.07, 6.45) is 1.54. The third-order valence-electron chi connectivity index (χ3n) is 3.22. The first kappa shape index (κ1) is 14.0. The van der Waals surface area contributed by atoms with E-state index < -0.39 is 5.82 Å². The first-order valence-electron chi connectivity index (χ1n) is 6.68. The van der Waals surface area contributed by atoms with Crippen molar-refractivity contribution in [3.05, 3.63) is 71.2 Å². The number of ether oxygens (including phenoxy) is 1. The van der Waals surface area contributed by atoms with Crippen molar-refractivity contribution in [2.45, 2.75) is 0 Å². The first-order valence-corrected chi connectivity index (χ1v) is 6.68. The normalized spacial score (nSPS) is 15.6. The molecule has 0 aromatic heterocycles. The molecule has 5 heteroatoms. The molecule has 1 amide bonds. The standard InChI is InChI=1S/C17H13FN2O2/c1-22-15-8-7-11(9-13(15)18)10-14-17(21)20-16(19-14)12-5-3-2-4-6-12/h2-10H,1H3,(H,19,20,21)/b14-10+. The Labute approximate surface area is 127 Å². The van der Waals surface area contributed by atoms with Crippen LogP contribution in [0.25, 0.3) is 6.08 Å². The molecular formula is C17H13FN2O2. The quantitative estimate of drug-likeness (QED) is 0.885. The largest absolute Gasteiger partial charge is 0.494 e. The lowest BCUT2D eigenvalue weighted by Gasteiger charge is -2.02. The number of amidine groups is 1. The molecule has 0 bridgehead atoms. The van der Waals surface area contributed by atoms with Gasteiger partial charge in [-0.25, -0.2) is 9.38 Å². The van der Waals surface area contributed by atoms with Crippen LogP contribution in [0.4, 0.5) is 4.39 Å². The van der Waals surface area contributed by atoms with Crippen molar-refractivity contribution >= 4 is 17.8 Å². The molecule has 1 N–H and O–H groups in total. The van der Waals surface area contributed by atoms with E-state index in [0.29, 0.717) is 11.4 Å². The van der Waals surface area contributed by atoms with Crippen LogP contribution < -0.4 is 10.1 Å². The molecule has 0 radical (unpaired) electrons. The molecule has 0 unspecified atom stereocenters. The summed E-state index contributed by atoms with van der Waals surface area (Å²) in [4.78, 5) is 16.2. The van der Waals surface area contributed by atoms with Crippen LogP contribution in [0.1, 0.15) is 11.1 Å². The second-order valence-corrected chi connectivity index (χ2v) is 4.70. The van der Waals surface area contributed by atoms with Gasteiger partial charge in [0.15, 0.2) is 11.6 Å². The van der Waals surface area contributed by atoms with Crippen LogP contribution in [0.5, 0.6) is 5.75 Å². The van der Waals surface area contributed by atoms with E-state index in [4.69, 9.17) is 4.74 Å². The maximum Gasteiger partial charge on any atom is 0.275 e. The van der Waals surface area contributed by atoms with Crippen molar-refractivity contribution < 1.29 is 13.9 Å². The summed E-state index contributed by atoms with van der Waals surface area (Å²) >= 11 is 0. The number of nitrogens with one attached hydrogen (secondary N) is 1. The van der Waals surface area contributed by atoms with E-state index in [2.05, 4.69) is 10.3 Å². The lowest BCUT2D eigenvalue weighted by atomic mass is 10.2. The van der Waals surface area contributed by atoms with Gasteiger partial charge in [-0.1, -0.05) is 36.4 Å². The highest BCUT2D eigenvalue weighted by atomic mass is 19.1. The van der Waals surface area contributed by atoms with Crippen LogP contribution >= 0.6 is 0 Å². The molecule has 1 aliphatic rings. The number of benzene rings is 2. The first-order chi connectivity index (χ1) is 10.7. The Kier molecular flexibility index (Phi) is 3.70. The van der Waals surface area contributed by atoms with Gasteiger partial charge in [-0.05, 0) is 23.8 Å². The van der Waals surface area contributed by atoms with Gasteiger partial charge in [-0.2, -0.15) is 0 Å². The molecule has 1 aliphatic heterocycles. The molecule has 3 rings (SSSR count). The van der Waals surface area contributed by atoms with E-state index in [9.17, 15) is 9.18 Å². The molecule has 2 aromatic carbocycles. The molecule has 1 heterocycles. The zero-order valence-electron chi connectivity index (χ0n) is 11.8. The van der Waals surface area contributed by atoms with Gasteiger partial charge in [0.1, 0.15) is 11.5 Å². The third kappa shape index (κ3) is 2.74. The number of amides is 1. The van der Waals surface area contributed by atoms with Crippen molar-refractivity contribution in [1.82, 2.24) is 5.32 Å². The average molecular weight is 296 g/mol. The molecule has 0 saturated carbocycles. The summed E-state index contributed by atoms with van der Waals surface area (Å²) in [6.45, 7) is 0. The van der Waals surface area contributed by atoms with Gasteiger partial charge in [0.2, 0.25) is 0 Å². The van der Waals surface area contributed by atoms with Gasteiger partial charge in [0, 0.05) is 5.56 Å². The van der Waals surface area contributed by atoms with Crippen LogP contribution in [-0.4, -0.2) is 18.9 Å². The molecule has 0 spiro atoms. The Morgan fingerprint density at radius 1 is 1.18 bits per heavy atom. The van der Waals surface area contributed by atoms with Crippen molar-refractivity contribution in [2.24, 2.45) is 4.99 Å². The number of halogens is 1. The maximum absolute atomic E-state index is 13.7. The van der Waals surface area contributed by atoms with Gasteiger partial charge >= 0.3 is 0 Å². The van der Waals surface area contributed by atoms with E-state index in [-0.39, 0.29) is 17.4 Å². The summed E-state index contributed by atoms with van der Waals surface area (Å²) in [6, 6.07) is 13.8. The molecule has 2 aromatic rings. The Hall–Kier alpha value is -2.95. The van der Waals surface area contributed by atoms with E-state index in [1.807, 2.05) is 30.3 Å². The number of hydrogen-bond acceptors (Lipinski definition) is 3. The topological polar surface area (TPSA) is 50.7 Å². The lowest BCUT2D eigenvalue weighted by molar-refractivity contribution is -0.115. The maximum atomic E-state index is 13.7. The summed E-state index contributed by atoms with van der Waals surface area (Å²) in [5.74, 6) is -0.144. The highest BCUT2D eigenvalue weighted by molar-refractivity contribution is 6.19. The summed E-state index contributed by atoms with van der Waals surface area (Å²) in [5.41, 5.74) is 1.60. The number of carbonyl (C=O) groups excluding carboxylic acids is 1. The lowest BCUT2D eigenvalue weighted by Crippen LogP contribution is -2.24. The second-order valence-electron chi connectivity index (χ2n) is 4.70. The molecule has 0 aliphatic carbocycles. The third-order valence-corrected chi connectivity index (χ3v) is 3.22. The van der Waals surface area contributed by atoms with Crippen LogP contribution in [0.15, 0.2) is 59.2 Å². The Balaban J connectivity index is 1.92. The van der Waals surface area contributed by atoms with Crippen molar-refractivity contribution in [1.29, 1.82) is 0 Å². The predicted octanol–water partition coefficient (Wildman–Crippen LogP) is 2.75. The number of methoxy groups -OCH3 is 1. The molecule has 4 nitrogen and oxygen atoms in total. The van der Waals surface area contributed by atoms with E-state index in [1.165, 1.54) is 25.3 Å². The summed E-state index contributed by atoms with van der Waals surface area (Å²) < 4.78 is 18.5. The zero-order chi connectivity index (χ0) is 15.5. The fourth-order valence-electron chi connectivity index (χ4n) is 2.13. The molecule has 22 heavy (non-hydrogen) atoms. The van der Waals surface area contributed by atoms with Crippen molar-refractivity contribution in [3.8, 4) is 5.75 Å².